The fraction of sp³-hybridized carbons (Fsp3) is 0.364. The van der Waals surface area contributed by atoms with E-state index in [1.54, 1.807) is 0 Å². The number of amides is 2. The molecule has 7 heteroatoms. The average molecular weight is 475 g/mol. The second-order valence-electron chi connectivity index (χ2n) is 7.24. The summed E-state index contributed by atoms with van der Waals surface area (Å²) in [4.78, 5) is 29.4. The van der Waals surface area contributed by atoms with Gasteiger partial charge in [0.25, 0.3) is 11.8 Å². The van der Waals surface area contributed by atoms with Gasteiger partial charge in [0.05, 0.1) is 4.87 Å². The number of carbonyl (C=O) groups excluding carboxylic acids is 2. The zero-order chi connectivity index (χ0) is 20.3. The molecule has 0 N–H and O–H groups in total. The summed E-state index contributed by atoms with van der Waals surface area (Å²) in [6.45, 7) is 2.09. The maximum atomic E-state index is 12.9. The van der Waals surface area contributed by atoms with Gasteiger partial charge in [0.1, 0.15) is 5.75 Å². The highest BCUT2D eigenvalue weighted by Crippen LogP contribution is 2.44. The van der Waals surface area contributed by atoms with E-state index in [1.165, 1.54) is 0 Å². The molecule has 0 aliphatic carbocycles. The number of para-hydroxylation sites is 1. The number of thioether (sulfide) groups is 1. The third-order valence-electron chi connectivity index (χ3n) is 5.49. The molecule has 152 valence electrons. The van der Waals surface area contributed by atoms with Crippen molar-refractivity contribution in [2.24, 2.45) is 0 Å². The summed E-state index contributed by atoms with van der Waals surface area (Å²) >= 11 is 5.27. The Bertz CT molecular complexity index is 885. The molecule has 0 saturated carbocycles. The van der Waals surface area contributed by atoms with Gasteiger partial charge in [0.2, 0.25) is 0 Å². The highest BCUT2D eigenvalue weighted by atomic mass is 79.9. The summed E-state index contributed by atoms with van der Waals surface area (Å²) in [5, 5.41) is 0. The average Bonchev–Trinajstić information content (AvgIpc) is 3.16. The van der Waals surface area contributed by atoms with Crippen LogP contribution in [0, 0.1) is 0 Å². The van der Waals surface area contributed by atoms with Crippen molar-refractivity contribution >= 4 is 39.5 Å². The van der Waals surface area contributed by atoms with Gasteiger partial charge in [-0.2, -0.15) is 0 Å². The molecule has 0 bridgehead atoms. The zero-order valence-electron chi connectivity index (χ0n) is 16.1. The van der Waals surface area contributed by atoms with Gasteiger partial charge < -0.3 is 14.5 Å². The van der Waals surface area contributed by atoms with Gasteiger partial charge in [-0.15, -0.1) is 11.8 Å². The number of nitrogens with zero attached hydrogens (tertiary/aromatic N) is 2. The number of piperidine rings is 1. The summed E-state index contributed by atoms with van der Waals surface area (Å²) in [5.74, 6) is 1.70. The summed E-state index contributed by atoms with van der Waals surface area (Å²) in [7, 11) is 0. The van der Waals surface area contributed by atoms with Gasteiger partial charge in [-0.05, 0) is 43.2 Å². The Morgan fingerprint density at radius 2 is 1.79 bits per heavy atom. The van der Waals surface area contributed by atoms with Gasteiger partial charge in [-0.3, -0.25) is 9.59 Å². The minimum absolute atomic E-state index is 0.0191. The topological polar surface area (TPSA) is 49.9 Å². The number of benzene rings is 2. The monoisotopic (exact) mass is 474 g/mol. The van der Waals surface area contributed by atoms with Crippen LogP contribution in [-0.4, -0.2) is 58.5 Å². The molecule has 2 aromatic carbocycles. The van der Waals surface area contributed by atoms with E-state index < -0.39 is 0 Å². The molecule has 2 aromatic rings. The molecule has 0 atom stereocenters. The fourth-order valence-electron chi connectivity index (χ4n) is 3.98. The molecule has 2 aliphatic heterocycles. The standard InChI is InChI=1S/C22H23BrN2O3S/c23-18-6-4-5-17(15-18)21(27)24-11-9-22(10-12-24)25(13-14-29-22)20(26)16-28-19-7-2-1-3-8-19/h1-8,15H,9-14,16H2. The Balaban J connectivity index is 1.37. The van der Waals surface area contributed by atoms with Crippen LogP contribution in [0.1, 0.15) is 23.2 Å². The smallest absolute Gasteiger partial charge is 0.261 e. The number of hydrogen-bond donors (Lipinski definition) is 0. The van der Waals surface area contributed by atoms with Gasteiger partial charge in [0, 0.05) is 35.4 Å². The van der Waals surface area contributed by atoms with Crippen molar-refractivity contribution in [2.75, 3.05) is 32.0 Å². The predicted octanol–water partition coefficient (Wildman–Crippen LogP) is 4.04. The summed E-state index contributed by atoms with van der Waals surface area (Å²) in [6, 6.07) is 16.9. The first-order valence-electron chi connectivity index (χ1n) is 9.75. The summed E-state index contributed by atoms with van der Waals surface area (Å²) < 4.78 is 6.57. The first kappa shape index (κ1) is 20.3. The fourth-order valence-corrected chi connectivity index (χ4v) is 5.85. The summed E-state index contributed by atoms with van der Waals surface area (Å²) in [5.41, 5.74) is 0.693. The van der Waals surface area contributed by atoms with Gasteiger partial charge in [-0.1, -0.05) is 40.2 Å². The molecule has 2 saturated heterocycles. The molecular weight excluding hydrogens is 452 g/mol. The molecule has 0 aromatic heterocycles. The SMILES string of the molecule is O=C(c1cccc(Br)c1)N1CCC2(CC1)SCCN2C(=O)COc1ccccc1. The molecule has 0 radical (unpaired) electrons. The number of ether oxygens (including phenoxy) is 1. The lowest BCUT2D eigenvalue weighted by Crippen LogP contribution is -2.54. The van der Waals surface area contributed by atoms with Crippen LogP contribution < -0.4 is 4.74 Å². The molecule has 29 heavy (non-hydrogen) atoms. The Labute approximate surface area is 183 Å². The maximum Gasteiger partial charge on any atom is 0.261 e. The molecular formula is C22H23BrN2O3S. The van der Waals surface area contributed by atoms with Crippen LogP contribution in [-0.2, 0) is 4.79 Å². The van der Waals surface area contributed by atoms with E-state index in [0.29, 0.717) is 24.4 Å². The van der Waals surface area contributed by atoms with Crippen molar-refractivity contribution in [1.82, 2.24) is 9.80 Å². The van der Waals surface area contributed by atoms with Crippen LogP contribution in [0.25, 0.3) is 0 Å². The van der Waals surface area contributed by atoms with E-state index in [-0.39, 0.29) is 23.3 Å². The highest BCUT2D eigenvalue weighted by molar-refractivity contribution is 9.10. The predicted molar refractivity (Wildman–Crippen MR) is 118 cm³/mol. The second kappa shape index (κ2) is 8.79. The Kier molecular flexibility index (Phi) is 6.15. The Hall–Kier alpha value is -1.99. The van der Waals surface area contributed by atoms with Gasteiger partial charge >= 0.3 is 0 Å². The molecule has 4 rings (SSSR count). The lowest BCUT2D eigenvalue weighted by atomic mass is 10.0. The van der Waals surface area contributed by atoms with E-state index in [0.717, 1.165) is 29.6 Å². The Morgan fingerprint density at radius 1 is 1.03 bits per heavy atom. The number of rotatable bonds is 4. The van der Waals surface area contributed by atoms with Crippen LogP contribution in [0.3, 0.4) is 0 Å². The third kappa shape index (κ3) is 4.46. The van der Waals surface area contributed by atoms with Crippen molar-refractivity contribution in [1.29, 1.82) is 0 Å². The third-order valence-corrected chi connectivity index (χ3v) is 7.53. The molecule has 0 unspecified atom stereocenters. The maximum absolute atomic E-state index is 12.9. The van der Waals surface area contributed by atoms with Crippen molar-refractivity contribution in [2.45, 2.75) is 17.7 Å². The van der Waals surface area contributed by atoms with Crippen molar-refractivity contribution in [3.05, 3.63) is 64.6 Å². The van der Waals surface area contributed by atoms with E-state index in [9.17, 15) is 9.59 Å². The number of carbonyl (C=O) groups is 2. The largest absolute Gasteiger partial charge is 0.484 e. The summed E-state index contributed by atoms with van der Waals surface area (Å²) in [6.07, 6.45) is 1.57. The van der Waals surface area contributed by atoms with Crippen molar-refractivity contribution < 1.29 is 14.3 Å². The minimum atomic E-state index is -0.217. The first-order valence-corrected chi connectivity index (χ1v) is 11.5. The lowest BCUT2D eigenvalue weighted by Gasteiger charge is -2.44. The second-order valence-corrected chi connectivity index (χ2v) is 9.62. The van der Waals surface area contributed by atoms with Crippen LogP contribution in [0.15, 0.2) is 59.1 Å². The highest BCUT2D eigenvalue weighted by Gasteiger charge is 2.46. The Morgan fingerprint density at radius 3 is 2.52 bits per heavy atom. The van der Waals surface area contributed by atoms with Crippen molar-refractivity contribution in [3.8, 4) is 5.75 Å². The molecule has 5 nitrogen and oxygen atoms in total. The minimum Gasteiger partial charge on any atom is -0.484 e. The number of likely N-dealkylation sites (tertiary alicyclic amines) is 1. The van der Waals surface area contributed by atoms with Crippen LogP contribution in [0.2, 0.25) is 0 Å². The van der Waals surface area contributed by atoms with Gasteiger partial charge in [-0.25, -0.2) is 0 Å². The van der Waals surface area contributed by atoms with Crippen LogP contribution in [0.4, 0.5) is 0 Å². The zero-order valence-corrected chi connectivity index (χ0v) is 18.5. The molecule has 1 spiro atoms. The van der Waals surface area contributed by atoms with E-state index in [4.69, 9.17) is 4.74 Å². The molecule has 2 aliphatic rings. The molecule has 2 amide bonds. The number of hydrogen-bond acceptors (Lipinski definition) is 4. The van der Waals surface area contributed by atoms with Crippen molar-refractivity contribution in [3.63, 3.8) is 0 Å². The van der Waals surface area contributed by atoms with Gasteiger partial charge in [0.15, 0.2) is 6.61 Å². The normalized spacial score (nSPS) is 18.1. The lowest BCUT2D eigenvalue weighted by molar-refractivity contribution is -0.136. The van der Waals surface area contributed by atoms with Crippen LogP contribution >= 0.6 is 27.7 Å². The molecule has 2 heterocycles. The quantitative estimate of drug-likeness (QED) is 0.670. The number of halogens is 1. The first-order chi connectivity index (χ1) is 14.1. The van der Waals surface area contributed by atoms with E-state index in [1.807, 2.05) is 76.2 Å². The van der Waals surface area contributed by atoms with Crippen LogP contribution in [0.5, 0.6) is 5.75 Å². The van der Waals surface area contributed by atoms with E-state index >= 15 is 0 Å². The molecule has 2 fully saturated rings. The van der Waals surface area contributed by atoms with E-state index in [2.05, 4.69) is 15.9 Å².